The second-order valence-corrected chi connectivity index (χ2v) is 10.2. The van der Waals surface area contributed by atoms with Gasteiger partial charge in [-0.1, -0.05) is 31.4 Å². The van der Waals surface area contributed by atoms with Crippen molar-refractivity contribution >= 4 is 15.8 Å². The van der Waals surface area contributed by atoms with Gasteiger partial charge in [-0.05, 0) is 55.0 Å². The van der Waals surface area contributed by atoms with Crippen LogP contribution in [0.3, 0.4) is 0 Å². The van der Waals surface area contributed by atoms with Gasteiger partial charge in [0, 0.05) is 25.8 Å². The SMILES string of the molecule is Cc1cc(CN=C(NCCc2ccco2)NCC2CCCCC2)ccc1S(C)(=O)=O. The summed E-state index contributed by atoms with van der Waals surface area (Å²) in [4.78, 5) is 5.12. The Morgan fingerprint density at radius 2 is 1.97 bits per heavy atom. The molecule has 0 aliphatic heterocycles. The molecule has 30 heavy (non-hydrogen) atoms. The molecule has 1 fully saturated rings. The number of nitrogens with zero attached hydrogens (tertiary/aromatic N) is 1. The minimum absolute atomic E-state index is 0.377. The predicted octanol–water partition coefficient (Wildman–Crippen LogP) is 3.85. The Hall–Kier alpha value is -2.28. The highest BCUT2D eigenvalue weighted by atomic mass is 32.2. The largest absolute Gasteiger partial charge is 0.469 e. The first kappa shape index (κ1) is 22.4. The standard InChI is InChI=1S/C23H33N3O3S/c1-18-15-20(10-11-22(18)30(2,27)28)17-26-23(24-13-12-21-9-6-14-29-21)25-16-19-7-4-3-5-8-19/h6,9-11,14-15,19H,3-5,7-8,12-13,16-17H2,1-2H3,(H2,24,25,26). The van der Waals surface area contributed by atoms with E-state index in [1.54, 1.807) is 12.3 Å². The van der Waals surface area contributed by atoms with Crippen LogP contribution >= 0.6 is 0 Å². The van der Waals surface area contributed by atoms with E-state index in [1.165, 1.54) is 38.4 Å². The maximum absolute atomic E-state index is 11.8. The molecule has 0 radical (unpaired) electrons. The minimum Gasteiger partial charge on any atom is -0.469 e. The normalized spacial score (nSPS) is 15.9. The maximum atomic E-state index is 11.8. The van der Waals surface area contributed by atoms with Gasteiger partial charge in [0.1, 0.15) is 5.76 Å². The lowest BCUT2D eigenvalue weighted by atomic mass is 9.89. The van der Waals surface area contributed by atoms with Crippen molar-refractivity contribution in [2.24, 2.45) is 10.9 Å². The summed E-state index contributed by atoms with van der Waals surface area (Å²) in [5.41, 5.74) is 1.75. The molecule has 0 saturated heterocycles. The van der Waals surface area contributed by atoms with Crippen molar-refractivity contribution in [1.29, 1.82) is 0 Å². The quantitative estimate of drug-likeness (QED) is 0.490. The van der Waals surface area contributed by atoms with Crippen LogP contribution in [0.15, 0.2) is 50.9 Å². The van der Waals surface area contributed by atoms with Crippen molar-refractivity contribution in [2.45, 2.75) is 56.9 Å². The highest BCUT2D eigenvalue weighted by Gasteiger charge is 2.14. The van der Waals surface area contributed by atoms with Crippen molar-refractivity contribution in [2.75, 3.05) is 19.3 Å². The van der Waals surface area contributed by atoms with E-state index >= 15 is 0 Å². The van der Waals surface area contributed by atoms with Crippen LogP contribution in [-0.4, -0.2) is 33.7 Å². The third-order valence-electron chi connectivity index (χ3n) is 5.59. The van der Waals surface area contributed by atoms with Crippen molar-refractivity contribution in [3.05, 3.63) is 53.5 Å². The molecule has 1 aliphatic rings. The maximum Gasteiger partial charge on any atom is 0.191 e. The molecule has 0 atom stereocenters. The van der Waals surface area contributed by atoms with Crippen LogP contribution in [0.1, 0.15) is 49.0 Å². The molecule has 2 N–H and O–H groups in total. The van der Waals surface area contributed by atoms with E-state index in [2.05, 4.69) is 10.6 Å². The number of aliphatic imine (C=N–C) groups is 1. The molecule has 0 amide bonds. The minimum atomic E-state index is -3.21. The molecule has 164 valence electrons. The molecule has 3 rings (SSSR count). The van der Waals surface area contributed by atoms with Crippen molar-refractivity contribution in [3.63, 3.8) is 0 Å². The Morgan fingerprint density at radius 1 is 1.17 bits per heavy atom. The smallest absolute Gasteiger partial charge is 0.191 e. The lowest BCUT2D eigenvalue weighted by Crippen LogP contribution is -2.41. The Bertz CT molecular complexity index is 931. The molecule has 1 aromatic carbocycles. The molecule has 0 bridgehead atoms. The number of hydrogen-bond donors (Lipinski definition) is 2. The summed E-state index contributed by atoms with van der Waals surface area (Å²) >= 11 is 0. The fraction of sp³-hybridized carbons (Fsp3) is 0.522. The molecular formula is C23H33N3O3S. The molecular weight excluding hydrogens is 398 g/mol. The van der Waals surface area contributed by atoms with E-state index < -0.39 is 9.84 Å². The third kappa shape index (κ3) is 6.90. The number of rotatable bonds is 8. The number of aryl methyl sites for hydroxylation is 1. The average molecular weight is 432 g/mol. The lowest BCUT2D eigenvalue weighted by molar-refractivity contribution is 0.355. The van der Waals surface area contributed by atoms with Crippen LogP contribution < -0.4 is 10.6 Å². The molecule has 1 saturated carbocycles. The second kappa shape index (κ2) is 10.7. The first-order chi connectivity index (χ1) is 14.4. The summed E-state index contributed by atoms with van der Waals surface area (Å²) in [6, 6.07) is 9.29. The van der Waals surface area contributed by atoms with E-state index in [9.17, 15) is 8.42 Å². The Labute approximate surface area is 180 Å². The van der Waals surface area contributed by atoms with Gasteiger partial charge in [0.2, 0.25) is 0 Å². The Balaban J connectivity index is 1.62. The van der Waals surface area contributed by atoms with E-state index in [0.717, 1.165) is 42.4 Å². The predicted molar refractivity (Wildman–Crippen MR) is 120 cm³/mol. The summed E-state index contributed by atoms with van der Waals surface area (Å²) in [5, 5.41) is 6.90. The summed E-state index contributed by atoms with van der Waals surface area (Å²) in [6.45, 7) is 3.98. The Kier molecular flexibility index (Phi) is 7.96. The van der Waals surface area contributed by atoms with Crippen LogP contribution in [-0.2, 0) is 22.8 Å². The fourth-order valence-electron chi connectivity index (χ4n) is 3.96. The van der Waals surface area contributed by atoms with Gasteiger partial charge >= 0.3 is 0 Å². The Morgan fingerprint density at radius 3 is 2.63 bits per heavy atom. The van der Waals surface area contributed by atoms with Gasteiger partial charge in [-0.3, -0.25) is 0 Å². The first-order valence-electron chi connectivity index (χ1n) is 10.8. The average Bonchev–Trinajstić information content (AvgIpc) is 3.23. The summed E-state index contributed by atoms with van der Waals surface area (Å²) < 4.78 is 29.1. The van der Waals surface area contributed by atoms with E-state index in [-0.39, 0.29) is 0 Å². The van der Waals surface area contributed by atoms with Crippen LogP contribution in [0, 0.1) is 12.8 Å². The fourth-order valence-corrected chi connectivity index (χ4v) is 4.92. The van der Waals surface area contributed by atoms with E-state index in [4.69, 9.17) is 9.41 Å². The zero-order valence-electron chi connectivity index (χ0n) is 18.0. The van der Waals surface area contributed by atoms with Crippen LogP contribution in [0.2, 0.25) is 0 Å². The van der Waals surface area contributed by atoms with Crippen molar-refractivity contribution in [1.82, 2.24) is 10.6 Å². The van der Waals surface area contributed by atoms with Gasteiger partial charge in [0.05, 0.1) is 17.7 Å². The van der Waals surface area contributed by atoms with Crippen LogP contribution in [0.25, 0.3) is 0 Å². The molecule has 2 aromatic rings. The van der Waals surface area contributed by atoms with Crippen molar-refractivity contribution in [3.8, 4) is 0 Å². The van der Waals surface area contributed by atoms with Gasteiger partial charge in [-0.25, -0.2) is 13.4 Å². The highest BCUT2D eigenvalue weighted by Crippen LogP contribution is 2.22. The molecule has 6 nitrogen and oxygen atoms in total. The van der Waals surface area contributed by atoms with E-state index in [0.29, 0.717) is 17.4 Å². The number of hydrogen-bond acceptors (Lipinski definition) is 4. The molecule has 0 unspecified atom stereocenters. The first-order valence-corrected chi connectivity index (χ1v) is 12.6. The van der Waals surface area contributed by atoms with Gasteiger partial charge < -0.3 is 15.1 Å². The number of furan rings is 1. The third-order valence-corrected chi connectivity index (χ3v) is 6.84. The van der Waals surface area contributed by atoms with Gasteiger partial charge in [0.15, 0.2) is 15.8 Å². The molecule has 1 aliphatic carbocycles. The molecule has 1 heterocycles. The number of benzene rings is 1. The zero-order valence-corrected chi connectivity index (χ0v) is 18.8. The van der Waals surface area contributed by atoms with Gasteiger partial charge in [-0.2, -0.15) is 0 Å². The van der Waals surface area contributed by atoms with E-state index in [1.807, 2.05) is 31.2 Å². The number of nitrogens with one attached hydrogen (secondary N) is 2. The van der Waals surface area contributed by atoms with Crippen molar-refractivity contribution < 1.29 is 12.8 Å². The summed E-state index contributed by atoms with van der Waals surface area (Å²) in [6.07, 6.45) is 10.3. The lowest BCUT2D eigenvalue weighted by Gasteiger charge is -2.23. The van der Waals surface area contributed by atoms with Gasteiger partial charge in [0.25, 0.3) is 0 Å². The molecule has 0 spiro atoms. The number of guanidine groups is 1. The summed E-state index contributed by atoms with van der Waals surface area (Å²) in [7, 11) is -3.21. The van der Waals surface area contributed by atoms with Gasteiger partial charge in [-0.15, -0.1) is 0 Å². The zero-order chi connectivity index (χ0) is 21.4. The molecule has 1 aromatic heterocycles. The highest BCUT2D eigenvalue weighted by molar-refractivity contribution is 7.90. The summed E-state index contributed by atoms with van der Waals surface area (Å²) in [5.74, 6) is 2.44. The second-order valence-electron chi connectivity index (χ2n) is 8.18. The molecule has 7 heteroatoms. The topological polar surface area (TPSA) is 83.7 Å². The van der Waals surface area contributed by atoms with Crippen LogP contribution in [0.5, 0.6) is 0 Å². The monoisotopic (exact) mass is 431 g/mol. The van der Waals surface area contributed by atoms with Crippen LogP contribution in [0.4, 0.5) is 0 Å². The number of sulfone groups is 1.